The first-order valence-corrected chi connectivity index (χ1v) is 5.73. The van der Waals surface area contributed by atoms with E-state index >= 15 is 0 Å². The highest BCUT2D eigenvalue weighted by Crippen LogP contribution is 2.06. The number of carbonyl (C=O) groups excluding carboxylic acids is 1. The lowest BCUT2D eigenvalue weighted by Gasteiger charge is -2.02. The molecule has 0 aliphatic carbocycles. The van der Waals surface area contributed by atoms with E-state index in [2.05, 4.69) is 10.4 Å². The van der Waals surface area contributed by atoms with Crippen LogP contribution in [0.1, 0.15) is 19.8 Å². The van der Waals surface area contributed by atoms with Crippen molar-refractivity contribution in [3.63, 3.8) is 0 Å². The number of hydrogen-bond acceptors (Lipinski definition) is 4. The number of nitrogens with one attached hydrogen (secondary N) is 1. The third kappa shape index (κ3) is 5.44. The molecule has 7 nitrogen and oxygen atoms in total. The zero-order valence-corrected chi connectivity index (χ0v) is 10.3. The van der Waals surface area contributed by atoms with E-state index in [0.717, 1.165) is 0 Å². The maximum Gasteiger partial charge on any atom is 0.325 e. The van der Waals surface area contributed by atoms with Crippen LogP contribution in [-0.2, 0) is 20.9 Å². The number of nitrogens with zero attached hydrogens (tertiary/aromatic N) is 2. The SMILES string of the molecule is CCOCCCC(=O)Nc1cnn(CC(=O)O)c1. The van der Waals surface area contributed by atoms with Gasteiger partial charge in [-0.2, -0.15) is 5.10 Å². The highest BCUT2D eigenvalue weighted by atomic mass is 16.5. The monoisotopic (exact) mass is 255 g/mol. The molecule has 1 aromatic rings. The summed E-state index contributed by atoms with van der Waals surface area (Å²) in [7, 11) is 0. The largest absolute Gasteiger partial charge is 0.480 e. The molecule has 0 atom stereocenters. The van der Waals surface area contributed by atoms with Gasteiger partial charge in [-0.15, -0.1) is 0 Å². The number of aliphatic carboxylic acids is 1. The van der Waals surface area contributed by atoms with E-state index in [9.17, 15) is 9.59 Å². The minimum atomic E-state index is -0.979. The topological polar surface area (TPSA) is 93.5 Å². The summed E-state index contributed by atoms with van der Waals surface area (Å²) in [4.78, 5) is 21.9. The van der Waals surface area contributed by atoms with Crippen molar-refractivity contribution in [3.05, 3.63) is 12.4 Å². The Morgan fingerprint density at radius 2 is 2.33 bits per heavy atom. The summed E-state index contributed by atoms with van der Waals surface area (Å²) < 4.78 is 6.37. The zero-order valence-electron chi connectivity index (χ0n) is 10.3. The number of ether oxygens (including phenoxy) is 1. The smallest absolute Gasteiger partial charge is 0.325 e. The van der Waals surface area contributed by atoms with Crippen molar-refractivity contribution in [3.8, 4) is 0 Å². The van der Waals surface area contributed by atoms with Crippen LogP contribution >= 0.6 is 0 Å². The van der Waals surface area contributed by atoms with Gasteiger partial charge in [0.15, 0.2) is 0 Å². The van der Waals surface area contributed by atoms with Crippen LogP contribution in [0.3, 0.4) is 0 Å². The normalized spacial score (nSPS) is 10.3. The Balaban J connectivity index is 2.31. The quantitative estimate of drug-likeness (QED) is 0.668. The number of carboxylic acids is 1. The van der Waals surface area contributed by atoms with Gasteiger partial charge in [-0.05, 0) is 13.3 Å². The molecule has 7 heteroatoms. The van der Waals surface area contributed by atoms with Gasteiger partial charge in [-0.25, -0.2) is 0 Å². The summed E-state index contributed by atoms with van der Waals surface area (Å²) >= 11 is 0. The fourth-order valence-corrected chi connectivity index (χ4v) is 1.36. The van der Waals surface area contributed by atoms with Gasteiger partial charge < -0.3 is 15.2 Å². The molecule has 0 spiro atoms. The van der Waals surface area contributed by atoms with Gasteiger partial charge in [0.1, 0.15) is 6.54 Å². The van der Waals surface area contributed by atoms with Crippen molar-refractivity contribution in [1.29, 1.82) is 0 Å². The maximum absolute atomic E-state index is 11.5. The van der Waals surface area contributed by atoms with Crippen molar-refractivity contribution >= 4 is 17.6 Å². The molecule has 0 saturated carbocycles. The number of carbonyl (C=O) groups is 2. The molecular weight excluding hydrogens is 238 g/mol. The number of amides is 1. The lowest BCUT2D eigenvalue weighted by atomic mass is 10.3. The summed E-state index contributed by atoms with van der Waals surface area (Å²) in [5.41, 5.74) is 0.498. The number of rotatable bonds is 8. The van der Waals surface area contributed by atoms with E-state index in [1.807, 2.05) is 6.92 Å². The van der Waals surface area contributed by atoms with Crippen molar-refractivity contribution < 1.29 is 19.4 Å². The van der Waals surface area contributed by atoms with E-state index in [1.165, 1.54) is 17.1 Å². The second-order valence-corrected chi connectivity index (χ2v) is 3.67. The molecule has 0 radical (unpaired) electrons. The zero-order chi connectivity index (χ0) is 13.4. The van der Waals surface area contributed by atoms with Gasteiger partial charge >= 0.3 is 5.97 Å². The lowest BCUT2D eigenvalue weighted by molar-refractivity contribution is -0.137. The Bertz CT molecular complexity index is 403. The Morgan fingerprint density at radius 3 is 3.00 bits per heavy atom. The highest BCUT2D eigenvalue weighted by molar-refractivity contribution is 5.90. The fourth-order valence-electron chi connectivity index (χ4n) is 1.36. The van der Waals surface area contributed by atoms with E-state index in [0.29, 0.717) is 31.7 Å². The number of hydrogen-bond donors (Lipinski definition) is 2. The summed E-state index contributed by atoms with van der Waals surface area (Å²) in [5.74, 6) is -1.11. The van der Waals surface area contributed by atoms with Gasteiger partial charge in [0.2, 0.25) is 5.91 Å². The molecule has 18 heavy (non-hydrogen) atoms. The van der Waals surface area contributed by atoms with Crippen molar-refractivity contribution in [2.45, 2.75) is 26.3 Å². The number of aromatic nitrogens is 2. The van der Waals surface area contributed by atoms with Crippen LogP contribution in [0.25, 0.3) is 0 Å². The first kappa shape index (κ1) is 14.2. The second-order valence-electron chi connectivity index (χ2n) is 3.67. The minimum absolute atomic E-state index is 0.135. The molecule has 1 heterocycles. The van der Waals surface area contributed by atoms with Gasteiger partial charge in [0.05, 0.1) is 11.9 Å². The maximum atomic E-state index is 11.5. The van der Waals surface area contributed by atoms with E-state index in [-0.39, 0.29) is 12.5 Å². The number of anilines is 1. The van der Waals surface area contributed by atoms with E-state index in [4.69, 9.17) is 9.84 Å². The number of carboxylic acid groups (broad SMARTS) is 1. The fraction of sp³-hybridized carbons (Fsp3) is 0.545. The van der Waals surface area contributed by atoms with Crippen LogP contribution in [0, 0.1) is 0 Å². The average molecular weight is 255 g/mol. The van der Waals surface area contributed by atoms with Gasteiger partial charge in [0, 0.05) is 25.8 Å². The molecule has 0 bridgehead atoms. The average Bonchev–Trinajstić information content (AvgIpc) is 2.71. The van der Waals surface area contributed by atoms with Gasteiger partial charge in [-0.1, -0.05) is 0 Å². The first-order valence-electron chi connectivity index (χ1n) is 5.73. The highest BCUT2D eigenvalue weighted by Gasteiger charge is 2.06. The minimum Gasteiger partial charge on any atom is -0.480 e. The molecule has 0 aliphatic heterocycles. The second kappa shape index (κ2) is 7.44. The van der Waals surface area contributed by atoms with Crippen molar-refractivity contribution in [2.24, 2.45) is 0 Å². The van der Waals surface area contributed by atoms with Crippen LogP contribution < -0.4 is 5.32 Å². The van der Waals surface area contributed by atoms with Crippen LogP contribution in [0.2, 0.25) is 0 Å². The summed E-state index contributed by atoms with van der Waals surface area (Å²) in [6.45, 7) is 2.88. The first-order chi connectivity index (χ1) is 8.61. The Kier molecular flexibility index (Phi) is 5.86. The van der Waals surface area contributed by atoms with Crippen molar-refractivity contribution in [1.82, 2.24) is 9.78 Å². The molecular formula is C11H17N3O4. The summed E-state index contributed by atoms with van der Waals surface area (Å²) in [6, 6.07) is 0. The predicted molar refractivity (Wildman–Crippen MR) is 64.2 cm³/mol. The molecule has 0 aromatic carbocycles. The Hall–Kier alpha value is -1.89. The Morgan fingerprint density at radius 1 is 1.56 bits per heavy atom. The Labute approximate surface area is 105 Å². The van der Waals surface area contributed by atoms with Gasteiger partial charge in [0.25, 0.3) is 0 Å². The lowest BCUT2D eigenvalue weighted by Crippen LogP contribution is -2.12. The standard InChI is InChI=1S/C11H17N3O4/c1-2-18-5-3-4-10(15)13-9-6-12-14(7-9)8-11(16)17/h6-7H,2-5,8H2,1H3,(H,13,15)(H,16,17). The van der Waals surface area contributed by atoms with Crippen LogP contribution in [0.15, 0.2) is 12.4 Å². The molecule has 2 N–H and O–H groups in total. The third-order valence-corrected chi connectivity index (χ3v) is 2.11. The molecule has 0 aliphatic rings. The van der Waals surface area contributed by atoms with E-state index in [1.54, 1.807) is 0 Å². The van der Waals surface area contributed by atoms with Gasteiger partial charge in [-0.3, -0.25) is 14.3 Å². The molecule has 1 aromatic heterocycles. The summed E-state index contributed by atoms with van der Waals surface area (Å²) in [5, 5.41) is 15.0. The molecule has 100 valence electrons. The predicted octanol–water partition coefficient (Wildman–Crippen LogP) is 0.723. The van der Waals surface area contributed by atoms with Crippen LogP contribution in [0.4, 0.5) is 5.69 Å². The van der Waals surface area contributed by atoms with E-state index < -0.39 is 5.97 Å². The molecule has 0 unspecified atom stereocenters. The molecule has 0 saturated heterocycles. The van der Waals surface area contributed by atoms with Crippen molar-refractivity contribution in [2.75, 3.05) is 18.5 Å². The molecule has 1 amide bonds. The van der Waals surface area contributed by atoms with Crippen LogP contribution in [-0.4, -0.2) is 40.0 Å². The van der Waals surface area contributed by atoms with Crippen LogP contribution in [0.5, 0.6) is 0 Å². The summed E-state index contributed by atoms with van der Waals surface area (Å²) in [6.07, 6.45) is 3.92. The molecule has 0 fully saturated rings. The molecule has 1 rings (SSSR count). The third-order valence-electron chi connectivity index (χ3n) is 2.11.